The zero-order valence-electron chi connectivity index (χ0n) is 13.2. The molecule has 117 valence electrons. The van der Waals surface area contributed by atoms with Gasteiger partial charge in [-0.1, -0.05) is 42.7 Å². The molecule has 0 saturated carbocycles. The molecule has 20 heavy (non-hydrogen) atoms. The molecule has 0 aromatic carbocycles. The highest BCUT2D eigenvalue weighted by Gasteiger charge is 1.91. The van der Waals surface area contributed by atoms with Gasteiger partial charge in [0.15, 0.2) is 0 Å². The summed E-state index contributed by atoms with van der Waals surface area (Å²) < 4.78 is 0. The van der Waals surface area contributed by atoms with Crippen molar-refractivity contribution in [3.63, 3.8) is 0 Å². The molecule has 3 N–H and O–H groups in total. The zero-order valence-corrected chi connectivity index (χ0v) is 14.2. The van der Waals surface area contributed by atoms with E-state index in [1.165, 1.54) is 0 Å². The van der Waals surface area contributed by atoms with Gasteiger partial charge >= 0.3 is 0 Å². The van der Waals surface area contributed by atoms with Gasteiger partial charge in [0.05, 0.1) is 17.1 Å². The Hall–Kier alpha value is -1.37. The van der Waals surface area contributed by atoms with Crippen LogP contribution in [0, 0.1) is 0 Å². The summed E-state index contributed by atoms with van der Waals surface area (Å²) in [5, 5.41) is 33.0. The van der Waals surface area contributed by atoms with E-state index in [1.54, 1.807) is 13.8 Å². The van der Waals surface area contributed by atoms with Gasteiger partial charge in [-0.2, -0.15) is 0 Å². The van der Waals surface area contributed by atoms with Crippen molar-refractivity contribution in [1.82, 2.24) is 0 Å². The second-order valence-electron chi connectivity index (χ2n) is 3.97. The van der Waals surface area contributed by atoms with Crippen LogP contribution in [0.1, 0.15) is 60.3 Å². The molecule has 0 aromatic rings. The van der Waals surface area contributed by atoms with Crippen LogP contribution in [0.5, 0.6) is 0 Å². The Bertz CT molecular complexity index is 275. The summed E-state index contributed by atoms with van der Waals surface area (Å²) >= 11 is 0. The molecule has 0 unspecified atom stereocenters. The first-order valence-corrected chi connectivity index (χ1v) is 7.37. The van der Waals surface area contributed by atoms with E-state index in [4.69, 9.17) is 15.6 Å². The third kappa shape index (κ3) is 21.9. The van der Waals surface area contributed by atoms with Crippen LogP contribution in [-0.2, 0) is 0 Å². The lowest BCUT2D eigenvalue weighted by Crippen LogP contribution is -1.94. The Morgan fingerprint density at radius 1 is 0.850 bits per heavy atom. The van der Waals surface area contributed by atoms with E-state index < -0.39 is 0 Å². The number of nitrogens with zero attached hydrogens (tertiary/aromatic N) is 3. The average Bonchev–Trinajstić information content (AvgIpc) is 2.51. The van der Waals surface area contributed by atoms with Gasteiger partial charge in [0.1, 0.15) is 0 Å². The SMILES string of the molecule is CC/C(C)=N/O.CC/C(C)=N/O.CCC/C(C[Si])=N/O. The molecule has 0 aliphatic heterocycles. The Kier molecular flexibility index (Phi) is 23.6. The molecule has 0 rings (SSSR count). The zero-order chi connectivity index (χ0) is 16.4. The van der Waals surface area contributed by atoms with Gasteiger partial charge in [-0.25, -0.2) is 0 Å². The Morgan fingerprint density at radius 2 is 1.25 bits per heavy atom. The van der Waals surface area contributed by atoms with Crippen LogP contribution in [0.3, 0.4) is 0 Å². The van der Waals surface area contributed by atoms with Crippen LogP contribution >= 0.6 is 0 Å². The molecule has 0 aliphatic rings. The minimum Gasteiger partial charge on any atom is -0.411 e. The second kappa shape index (κ2) is 20.0. The monoisotopic (exact) mass is 302 g/mol. The third-order valence-electron chi connectivity index (χ3n) is 2.25. The van der Waals surface area contributed by atoms with Gasteiger partial charge < -0.3 is 15.6 Å². The van der Waals surface area contributed by atoms with Gasteiger partial charge in [0, 0.05) is 10.2 Å². The fraction of sp³-hybridized carbons (Fsp3) is 0.769. The van der Waals surface area contributed by atoms with Crippen LogP contribution in [-0.4, -0.2) is 43.0 Å². The lowest BCUT2D eigenvalue weighted by molar-refractivity contribution is 0.317. The lowest BCUT2D eigenvalue weighted by atomic mass is 10.2. The van der Waals surface area contributed by atoms with E-state index in [2.05, 4.69) is 25.7 Å². The van der Waals surface area contributed by atoms with E-state index in [1.807, 2.05) is 20.8 Å². The Balaban J connectivity index is -0.000000221. The first kappa shape index (κ1) is 23.7. The van der Waals surface area contributed by atoms with Crippen LogP contribution in [0.2, 0.25) is 6.04 Å². The van der Waals surface area contributed by atoms with Gasteiger partial charge in [-0.15, -0.1) is 0 Å². The van der Waals surface area contributed by atoms with Gasteiger partial charge in [-0.3, -0.25) is 0 Å². The summed E-state index contributed by atoms with van der Waals surface area (Å²) in [6.07, 6.45) is 3.57. The molecule has 0 heterocycles. The predicted octanol–water partition coefficient (Wildman–Crippen LogP) is 3.70. The second-order valence-corrected chi connectivity index (χ2v) is 4.32. The van der Waals surface area contributed by atoms with E-state index in [-0.39, 0.29) is 0 Å². The summed E-state index contributed by atoms with van der Waals surface area (Å²) in [5.41, 5.74) is 2.36. The topological polar surface area (TPSA) is 97.8 Å². The fourth-order valence-electron chi connectivity index (χ4n) is 0.604. The van der Waals surface area contributed by atoms with Crippen molar-refractivity contribution in [2.75, 3.05) is 0 Å². The smallest absolute Gasteiger partial charge is 0.0537 e. The van der Waals surface area contributed by atoms with Crippen molar-refractivity contribution in [3.05, 3.63) is 0 Å². The van der Waals surface area contributed by atoms with Crippen molar-refractivity contribution in [2.45, 2.75) is 66.3 Å². The normalized spacial score (nSPS) is 12.0. The van der Waals surface area contributed by atoms with Gasteiger partial charge in [-0.05, 0) is 39.2 Å². The number of rotatable bonds is 5. The first-order valence-electron chi connectivity index (χ1n) is 6.66. The van der Waals surface area contributed by atoms with E-state index >= 15 is 0 Å². The van der Waals surface area contributed by atoms with E-state index in [0.29, 0.717) is 6.04 Å². The molecule has 0 aromatic heterocycles. The van der Waals surface area contributed by atoms with E-state index in [0.717, 1.165) is 42.8 Å². The minimum atomic E-state index is 0.671. The van der Waals surface area contributed by atoms with Crippen molar-refractivity contribution in [3.8, 4) is 0 Å². The third-order valence-corrected chi connectivity index (χ3v) is 2.66. The van der Waals surface area contributed by atoms with Gasteiger partial charge in [0.2, 0.25) is 0 Å². The molecule has 6 nitrogen and oxygen atoms in total. The number of oxime groups is 3. The molecule has 0 atom stereocenters. The quantitative estimate of drug-likeness (QED) is 0.312. The van der Waals surface area contributed by atoms with Crippen molar-refractivity contribution in [2.24, 2.45) is 15.5 Å². The molecule has 7 heteroatoms. The molecular formula is C13H28N3O3Si. The first-order chi connectivity index (χ1) is 9.46. The summed E-state index contributed by atoms with van der Waals surface area (Å²) in [4.78, 5) is 0. The maximum atomic E-state index is 8.21. The number of hydrogen-bond acceptors (Lipinski definition) is 6. The van der Waals surface area contributed by atoms with Crippen LogP contribution in [0.15, 0.2) is 15.5 Å². The highest BCUT2D eigenvalue weighted by atomic mass is 28.1. The van der Waals surface area contributed by atoms with Gasteiger partial charge in [0.25, 0.3) is 0 Å². The molecule has 0 aliphatic carbocycles. The van der Waals surface area contributed by atoms with Crippen LogP contribution in [0.4, 0.5) is 0 Å². The fourth-order valence-corrected chi connectivity index (χ4v) is 0.851. The minimum absolute atomic E-state index is 0.671. The Labute approximate surface area is 125 Å². The molecule has 0 bridgehead atoms. The van der Waals surface area contributed by atoms with E-state index in [9.17, 15) is 0 Å². The summed E-state index contributed by atoms with van der Waals surface area (Å²) in [6.45, 7) is 9.48. The van der Waals surface area contributed by atoms with Crippen molar-refractivity contribution in [1.29, 1.82) is 0 Å². The van der Waals surface area contributed by atoms with Crippen LogP contribution in [0.25, 0.3) is 0 Å². The Morgan fingerprint density at radius 3 is 1.30 bits per heavy atom. The lowest BCUT2D eigenvalue weighted by Gasteiger charge is -1.93. The number of hydrogen-bond donors (Lipinski definition) is 3. The molecule has 3 radical (unpaired) electrons. The molecule has 0 fully saturated rings. The molecule has 0 saturated heterocycles. The van der Waals surface area contributed by atoms with Crippen LogP contribution < -0.4 is 0 Å². The summed E-state index contributed by atoms with van der Waals surface area (Å²) in [7, 11) is 3.23. The maximum Gasteiger partial charge on any atom is 0.0537 e. The highest BCUT2D eigenvalue weighted by molar-refractivity contribution is 6.21. The summed E-state index contributed by atoms with van der Waals surface area (Å²) in [6, 6.07) is 0.671. The van der Waals surface area contributed by atoms with Crippen molar-refractivity contribution < 1.29 is 15.6 Å². The molecule has 0 spiro atoms. The molecule has 0 amide bonds. The maximum absolute atomic E-state index is 8.21. The average molecular weight is 302 g/mol. The molecular weight excluding hydrogens is 274 g/mol. The largest absolute Gasteiger partial charge is 0.411 e. The van der Waals surface area contributed by atoms with Crippen molar-refractivity contribution >= 4 is 27.4 Å². The predicted molar refractivity (Wildman–Crippen MR) is 85.1 cm³/mol. The highest BCUT2D eigenvalue weighted by Crippen LogP contribution is 1.93. The standard InChI is InChI=1S/C5H10NOSi.2C4H9NO/c1-2-3-5(4-8)6-7;2*1-3-4(2)5-6/h7H,2-4H2,1H3;2*6H,3H2,1-2H3/b6-5-;2*5-4+. The summed E-state index contributed by atoms with van der Waals surface area (Å²) in [5.74, 6) is 0.